The van der Waals surface area contributed by atoms with Gasteiger partial charge in [-0.2, -0.15) is 9.78 Å². The molecule has 2 N–H and O–H groups in total. The lowest BCUT2D eigenvalue weighted by Crippen LogP contribution is -2.26. The van der Waals surface area contributed by atoms with E-state index in [4.69, 9.17) is 0 Å². The average molecular weight is 402 g/mol. The van der Waals surface area contributed by atoms with Gasteiger partial charge >= 0.3 is 5.69 Å². The highest BCUT2D eigenvalue weighted by Gasteiger charge is 2.22. The third-order valence-corrected chi connectivity index (χ3v) is 4.50. The number of carbonyl (C=O) groups excluding carboxylic acids is 1. The molecule has 0 saturated carbocycles. The Morgan fingerprint density at radius 2 is 1.86 bits per heavy atom. The van der Waals surface area contributed by atoms with Crippen molar-refractivity contribution in [2.24, 2.45) is 0 Å². The number of anilines is 1. The molecule has 2 aromatic carbocycles. The number of phenols is 1. The first-order valence-corrected chi connectivity index (χ1v) is 8.89. The fourth-order valence-electron chi connectivity index (χ4n) is 3.09. The van der Waals surface area contributed by atoms with Crippen LogP contribution in [0.5, 0.6) is 5.75 Å². The fraction of sp³-hybridized carbons (Fsp3) is 0.250. The number of hydrogen-bond acceptors (Lipinski definition) is 4. The molecule has 9 heteroatoms. The van der Waals surface area contributed by atoms with Crippen molar-refractivity contribution in [3.63, 3.8) is 0 Å². The molecule has 0 unspecified atom stereocenters. The topological polar surface area (TPSA) is 89.2 Å². The number of aryl methyl sites for hydroxylation is 2. The number of nitrogens with zero attached hydrogens (tertiary/aromatic N) is 3. The molecule has 0 bridgehead atoms. The molecule has 152 valence electrons. The zero-order valence-electron chi connectivity index (χ0n) is 16.3. The Bertz CT molecular complexity index is 1150. The molecule has 7 nitrogen and oxygen atoms in total. The molecule has 1 amide bonds. The summed E-state index contributed by atoms with van der Waals surface area (Å²) in [5, 5.41) is 16.6. The molecule has 3 aromatic rings. The van der Waals surface area contributed by atoms with Crippen molar-refractivity contribution in [3.05, 3.63) is 69.4 Å². The van der Waals surface area contributed by atoms with Crippen molar-refractivity contribution in [2.45, 2.75) is 33.7 Å². The minimum Gasteiger partial charge on any atom is -0.507 e. The van der Waals surface area contributed by atoms with Gasteiger partial charge in [0.1, 0.15) is 28.9 Å². The summed E-state index contributed by atoms with van der Waals surface area (Å²) in [7, 11) is 0. The monoisotopic (exact) mass is 402 g/mol. The maximum atomic E-state index is 14.7. The number of aromatic nitrogens is 3. The Morgan fingerprint density at radius 3 is 2.45 bits per heavy atom. The predicted octanol–water partition coefficient (Wildman–Crippen LogP) is 3.47. The summed E-state index contributed by atoms with van der Waals surface area (Å²) in [6.07, 6.45) is 0. The summed E-state index contributed by atoms with van der Waals surface area (Å²) in [6, 6.07) is 5.79. The molecule has 1 aromatic heterocycles. The van der Waals surface area contributed by atoms with E-state index in [-0.39, 0.29) is 17.4 Å². The van der Waals surface area contributed by atoms with Gasteiger partial charge in [-0.25, -0.2) is 13.6 Å². The second-order valence-corrected chi connectivity index (χ2v) is 6.91. The number of halogens is 2. The first-order valence-electron chi connectivity index (χ1n) is 8.89. The molecule has 0 aliphatic carbocycles. The SMILES string of the molecule is Cc1cccc(F)c1NC(=O)c1cc(F)c(-n2nc(C)n(C(C)C)c2=O)cc1O. The van der Waals surface area contributed by atoms with Gasteiger partial charge in [-0.05, 0) is 45.4 Å². The Balaban J connectivity index is 2.02. The largest absolute Gasteiger partial charge is 0.507 e. The van der Waals surface area contributed by atoms with E-state index in [0.29, 0.717) is 11.4 Å². The van der Waals surface area contributed by atoms with E-state index < -0.39 is 34.5 Å². The summed E-state index contributed by atoms with van der Waals surface area (Å²) >= 11 is 0. The van der Waals surface area contributed by atoms with Crippen LogP contribution in [0.15, 0.2) is 35.1 Å². The quantitative estimate of drug-likeness (QED) is 0.699. The Labute approximate surface area is 165 Å². The number of amides is 1. The van der Waals surface area contributed by atoms with Gasteiger partial charge in [0.2, 0.25) is 0 Å². The van der Waals surface area contributed by atoms with Crippen LogP contribution in [0.2, 0.25) is 0 Å². The summed E-state index contributed by atoms with van der Waals surface area (Å²) < 4.78 is 30.9. The van der Waals surface area contributed by atoms with Crippen LogP contribution in [0.1, 0.15) is 41.6 Å². The van der Waals surface area contributed by atoms with Crippen LogP contribution in [-0.4, -0.2) is 25.4 Å². The number of hydrogen-bond donors (Lipinski definition) is 2. The lowest BCUT2D eigenvalue weighted by molar-refractivity contribution is 0.102. The molecule has 0 spiro atoms. The van der Waals surface area contributed by atoms with E-state index in [1.54, 1.807) is 33.8 Å². The maximum absolute atomic E-state index is 14.7. The number of nitrogens with one attached hydrogen (secondary N) is 1. The Morgan fingerprint density at radius 1 is 1.17 bits per heavy atom. The summed E-state index contributed by atoms with van der Waals surface area (Å²) in [6.45, 7) is 6.77. The van der Waals surface area contributed by atoms with Crippen molar-refractivity contribution in [1.29, 1.82) is 0 Å². The van der Waals surface area contributed by atoms with Crippen molar-refractivity contribution < 1.29 is 18.7 Å². The molecule has 0 atom stereocenters. The van der Waals surface area contributed by atoms with Gasteiger partial charge in [-0.3, -0.25) is 9.36 Å². The molecular formula is C20H20F2N4O3. The number of rotatable bonds is 4. The van der Waals surface area contributed by atoms with Crippen LogP contribution >= 0.6 is 0 Å². The number of aromatic hydroxyl groups is 1. The van der Waals surface area contributed by atoms with Crippen molar-refractivity contribution >= 4 is 11.6 Å². The third kappa shape index (κ3) is 3.63. The maximum Gasteiger partial charge on any atom is 0.351 e. The van der Waals surface area contributed by atoms with Gasteiger partial charge in [-0.1, -0.05) is 12.1 Å². The van der Waals surface area contributed by atoms with Gasteiger partial charge in [0.25, 0.3) is 5.91 Å². The van der Waals surface area contributed by atoms with E-state index in [1.807, 2.05) is 0 Å². The van der Waals surface area contributed by atoms with Crippen molar-refractivity contribution in [1.82, 2.24) is 14.3 Å². The van der Waals surface area contributed by atoms with E-state index in [2.05, 4.69) is 10.4 Å². The van der Waals surface area contributed by atoms with E-state index in [1.165, 1.54) is 16.7 Å². The van der Waals surface area contributed by atoms with Crippen molar-refractivity contribution in [3.8, 4) is 11.4 Å². The lowest BCUT2D eigenvalue weighted by atomic mass is 10.1. The molecule has 0 saturated heterocycles. The average Bonchev–Trinajstić information content (AvgIpc) is 2.94. The second kappa shape index (κ2) is 7.50. The Kier molecular flexibility index (Phi) is 5.23. The zero-order chi connectivity index (χ0) is 21.5. The molecule has 0 radical (unpaired) electrons. The zero-order valence-corrected chi connectivity index (χ0v) is 16.3. The van der Waals surface area contributed by atoms with Crippen LogP contribution in [0.3, 0.4) is 0 Å². The highest BCUT2D eigenvalue weighted by molar-refractivity contribution is 6.06. The number of carbonyl (C=O) groups is 1. The predicted molar refractivity (Wildman–Crippen MR) is 104 cm³/mol. The van der Waals surface area contributed by atoms with Gasteiger partial charge < -0.3 is 10.4 Å². The van der Waals surface area contributed by atoms with Crippen LogP contribution in [0.4, 0.5) is 14.5 Å². The number of benzene rings is 2. The summed E-state index contributed by atoms with van der Waals surface area (Å²) in [5.41, 5.74) is -0.870. The molecule has 3 rings (SSSR count). The lowest BCUT2D eigenvalue weighted by Gasteiger charge is -2.12. The number of para-hydroxylation sites is 1. The molecule has 1 heterocycles. The van der Waals surface area contributed by atoms with Gasteiger partial charge in [0.15, 0.2) is 0 Å². The second-order valence-electron chi connectivity index (χ2n) is 6.91. The molecule has 0 aliphatic rings. The van der Waals surface area contributed by atoms with Crippen LogP contribution in [0.25, 0.3) is 5.69 Å². The standard InChI is InChI=1S/C20H20F2N4O3/c1-10(2)25-12(4)24-26(20(25)29)16-9-17(27)13(8-15(16)22)19(28)23-18-11(3)6-5-7-14(18)21/h5-10,27H,1-4H3,(H,23,28). The minimum atomic E-state index is -0.936. The van der Waals surface area contributed by atoms with Crippen molar-refractivity contribution in [2.75, 3.05) is 5.32 Å². The molecule has 0 aliphatic heterocycles. The number of phenolic OH excluding ortho intramolecular Hbond substituents is 1. The smallest absolute Gasteiger partial charge is 0.351 e. The van der Waals surface area contributed by atoms with Gasteiger partial charge in [-0.15, -0.1) is 0 Å². The summed E-state index contributed by atoms with van der Waals surface area (Å²) in [5.74, 6) is -2.68. The highest BCUT2D eigenvalue weighted by atomic mass is 19.1. The Hall–Kier alpha value is -3.49. The van der Waals surface area contributed by atoms with E-state index in [0.717, 1.165) is 16.8 Å². The van der Waals surface area contributed by atoms with E-state index >= 15 is 0 Å². The fourth-order valence-corrected chi connectivity index (χ4v) is 3.09. The molecule has 29 heavy (non-hydrogen) atoms. The highest BCUT2D eigenvalue weighted by Crippen LogP contribution is 2.26. The van der Waals surface area contributed by atoms with Crippen LogP contribution in [0, 0.1) is 25.5 Å². The molecular weight excluding hydrogens is 382 g/mol. The van der Waals surface area contributed by atoms with Gasteiger partial charge in [0, 0.05) is 12.1 Å². The third-order valence-electron chi connectivity index (χ3n) is 4.50. The van der Waals surface area contributed by atoms with Crippen LogP contribution in [-0.2, 0) is 0 Å². The molecule has 0 fully saturated rings. The normalized spacial score (nSPS) is 11.1. The summed E-state index contributed by atoms with van der Waals surface area (Å²) in [4.78, 5) is 25.0. The van der Waals surface area contributed by atoms with E-state index in [9.17, 15) is 23.5 Å². The first kappa shape index (κ1) is 20.2. The minimum absolute atomic E-state index is 0.0658. The van der Waals surface area contributed by atoms with Gasteiger partial charge in [0.05, 0.1) is 11.3 Å². The first-order chi connectivity index (χ1) is 13.6. The van der Waals surface area contributed by atoms with Crippen LogP contribution < -0.4 is 11.0 Å².